The van der Waals surface area contributed by atoms with Crippen LogP contribution < -0.4 is 4.74 Å². The van der Waals surface area contributed by atoms with Crippen LogP contribution in [0.4, 0.5) is 5.69 Å². The number of benzene rings is 1. The number of carbonyl (C=O) groups excluding carboxylic acids is 1. The SMILES string of the molecule is CC(O)CCN(C)C(=O)COc1ccc([N+](=O)[O-])cc1. The summed E-state index contributed by atoms with van der Waals surface area (Å²) >= 11 is 0. The third-order valence-electron chi connectivity index (χ3n) is 2.72. The fourth-order valence-electron chi connectivity index (χ4n) is 1.42. The van der Waals surface area contributed by atoms with Gasteiger partial charge >= 0.3 is 0 Å². The van der Waals surface area contributed by atoms with Crippen LogP contribution in [0, 0.1) is 10.1 Å². The zero-order valence-corrected chi connectivity index (χ0v) is 11.5. The van der Waals surface area contributed by atoms with Crippen LogP contribution >= 0.6 is 0 Å². The van der Waals surface area contributed by atoms with Crippen LogP contribution in [0.1, 0.15) is 13.3 Å². The van der Waals surface area contributed by atoms with Gasteiger partial charge in [-0.25, -0.2) is 0 Å². The Labute approximate surface area is 116 Å². The maximum Gasteiger partial charge on any atom is 0.269 e. The highest BCUT2D eigenvalue weighted by Crippen LogP contribution is 2.17. The van der Waals surface area contributed by atoms with Gasteiger partial charge in [-0.15, -0.1) is 0 Å². The maximum absolute atomic E-state index is 11.7. The molecule has 0 aliphatic rings. The van der Waals surface area contributed by atoms with Gasteiger partial charge < -0.3 is 14.7 Å². The molecular weight excluding hydrogens is 264 g/mol. The lowest BCUT2D eigenvalue weighted by molar-refractivity contribution is -0.384. The van der Waals surface area contributed by atoms with Crippen molar-refractivity contribution in [1.82, 2.24) is 4.90 Å². The Morgan fingerprint density at radius 2 is 2.05 bits per heavy atom. The molecule has 110 valence electrons. The number of carbonyl (C=O) groups is 1. The molecule has 0 radical (unpaired) electrons. The van der Waals surface area contributed by atoms with Gasteiger partial charge in [0.1, 0.15) is 5.75 Å². The molecule has 0 fully saturated rings. The second kappa shape index (κ2) is 7.44. The van der Waals surface area contributed by atoms with Crippen molar-refractivity contribution in [3.05, 3.63) is 34.4 Å². The summed E-state index contributed by atoms with van der Waals surface area (Å²) in [6.45, 7) is 1.96. The van der Waals surface area contributed by atoms with E-state index in [1.165, 1.54) is 29.2 Å². The minimum atomic E-state index is -0.501. The van der Waals surface area contributed by atoms with Crippen LogP contribution in [-0.4, -0.2) is 47.1 Å². The molecule has 7 heteroatoms. The third-order valence-corrected chi connectivity index (χ3v) is 2.72. The van der Waals surface area contributed by atoms with Crippen molar-refractivity contribution >= 4 is 11.6 Å². The van der Waals surface area contributed by atoms with Crippen LogP contribution in [0.2, 0.25) is 0 Å². The van der Waals surface area contributed by atoms with E-state index < -0.39 is 11.0 Å². The highest BCUT2D eigenvalue weighted by Gasteiger charge is 2.11. The number of hydrogen-bond donors (Lipinski definition) is 1. The molecule has 0 aliphatic heterocycles. The van der Waals surface area contributed by atoms with Gasteiger partial charge in [0.05, 0.1) is 11.0 Å². The first-order valence-electron chi connectivity index (χ1n) is 6.19. The van der Waals surface area contributed by atoms with E-state index in [1.54, 1.807) is 14.0 Å². The van der Waals surface area contributed by atoms with Gasteiger partial charge in [0.2, 0.25) is 0 Å². The number of likely N-dealkylation sites (N-methyl/N-ethyl adjacent to an activating group) is 1. The average molecular weight is 282 g/mol. The maximum atomic E-state index is 11.7. The summed E-state index contributed by atoms with van der Waals surface area (Å²) in [4.78, 5) is 23.2. The number of amides is 1. The molecule has 7 nitrogen and oxygen atoms in total. The Hall–Kier alpha value is -2.15. The quantitative estimate of drug-likeness (QED) is 0.599. The van der Waals surface area contributed by atoms with Gasteiger partial charge in [0.25, 0.3) is 11.6 Å². The predicted octanol–water partition coefficient (Wildman–Crippen LogP) is 1.20. The molecule has 1 aromatic carbocycles. The Morgan fingerprint density at radius 3 is 2.55 bits per heavy atom. The lowest BCUT2D eigenvalue weighted by Gasteiger charge is -2.18. The topological polar surface area (TPSA) is 92.9 Å². The predicted molar refractivity (Wildman–Crippen MR) is 72.5 cm³/mol. The van der Waals surface area contributed by atoms with Crippen molar-refractivity contribution in [2.45, 2.75) is 19.4 Å². The molecule has 1 aromatic rings. The Morgan fingerprint density at radius 1 is 1.45 bits per heavy atom. The van der Waals surface area contributed by atoms with Crippen molar-refractivity contribution in [2.24, 2.45) is 0 Å². The van der Waals surface area contributed by atoms with E-state index in [2.05, 4.69) is 0 Å². The number of aliphatic hydroxyl groups is 1. The molecule has 0 heterocycles. The van der Waals surface area contributed by atoms with Crippen molar-refractivity contribution in [3.8, 4) is 5.75 Å². The number of rotatable bonds is 7. The zero-order valence-electron chi connectivity index (χ0n) is 11.5. The number of hydrogen-bond acceptors (Lipinski definition) is 5. The molecule has 1 rings (SSSR count). The first-order chi connectivity index (χ1) is 9.40. The monoisotopic (exact) mass is 282 g/mol. The zero-order chi connectivity index (χ0) is 15.1. The van der Waals surface area contributed by atoms with E-state index in [1.807, 2.05) is 0 Å². The summed E-state index contributed by atoms with van der Waals surface area (Å²) in [7, 11) is 1.63. The lowest BCUT2D eigenvalue weighted by Crippen LogP contribution is -2.33. The normalized spacial score (nSPS) is 11.8. The molecule has 20 heavy (non-hydrogen) atoms. The molecule has 1 N–H and O–H groups in total. The Kier molecular flexibility index (Phi) is 5.92. The average Bonchev–Trinajstić information content (AvgIpc) is 2.42. The molecule has 0 aromatic heterocycles. The molecule has 0 bridgehead atoms. The largest absolute Gasteiger partial charge is 0.484 e. The van der Waals surface area contributed by atoms with E-state index in [9.17, 15) is 14.9 Å². The summed E-state index contributed by atoms with van der Waals surface area (Å²) in [6, 6.07) is 5.52. The van der Waals surface area contributed by atoms with Crippen molar-refractivity contribution in [2.75, 3.05) is 20.2 Å². The molecule has 0 saturated heterocycles. The van der Waals surface area contributed by atoms with E-state index in [-0.39, 0.29) is 18.2 Å². The molecular formula is C13H18N2O5. The molecule has 0 spiro atoms. The summed E-state index contributed by atoms with van der Waals surface area (Å²) in [5.74, 6) is 0.178. The summed E-state index contributed by atoms with van der Waals surface area (Å²) in [6.07, 6.45) is 0.0422. The van der Waals surface area contributed by atoms with E-state index in [4.69, 9.17) is 9.84 Å². The minimum absolute atomic E-state index is 0.0299. The number of aliphatic hydroxyl groups excluding tert-OH is 1. The van der Waals surface area contributed by atoms with Gasteiger partial charge in [-0.2, -0.15) is 0 Å². The van der Waals surface area contributed by atoms with Crippen LogP contribution in [0.5, 0.6) is 5.75 Å². The standard InChI is InChI=1S/C13H18N2O5/c1-10(16)7-8-14(2)13(17)9-20-12-5-3-11(4-6-12)15(18)19/h3-6,10,16H,7-9H2,1-2H3. The molecule has 0 aliphatic carbocycles. The van der Waals surface area contributed by atoms with E-state index >= 15 is 0 Å². The molecule has 1 amide bonds. The van der Waals surface area contributed by atoms with E-state index in [0.717, 1.165) is 0 Å². The second-order valence-electron chi connectivity index (χ2n) is 4.49. The minimum Gasteiger partial charge on any atom is -0.484 e. The first-order valence-corrected chi connectivity index (χ1v) is 6.19. The van der Waals surface area contributed by atoms with Crippen LogP contribution in [0.15, 0.2) is 24.3 Å². The van der Waals surface area contributed by atoms with Gasteiger partial charge in [-0.3, -0.25) is 14.9 Å². The van der Waals surface area contributed by atoms with Gasteiger partial charge in [0.15, 0.2) is 6.61 Å². The Balaban J connectivity index is 2.42. The fourth-order valence-corrected chi connectivity index (χ4v) is 1.42. The second-order valence-corrected chi connectivity index (χ2v) is 4.49. The summed E-state index contributed by atoms with van der Waals surface area (Å²) in [5.41, 5.74) is -0.0299. The third kappa shape index (κ3) is 5.23. The molecule has 1 atom stereocenters. The number of ether oxygens (including phenoxy) is 1. The van der Waals surface area contributed by atoms with E-state index in [0.29, 0.717) is 18.7 Å². The fraction of sp³-hybridized carbons (Fsp3) is 0.462. The van der Waals surface area contributed by atoms with Crippen molar-refractivity contribution in [1.29, 1.82) is 0 Å². The smallest absolute Gasteiger partial charge is 0.269 e. The number of nitro groups is 1. The molecule has 1 unspecified atom stereocenters. The number of nitro benzene ring substituents is 1. The van der Waals surface area contributed by atoms with Crippen molar-refractivity contribution < 1.29 is 19.6 Å². The van der Waals surface area contributed by atoms with Gasteiger partial charge in [-0.05, 0) is 25.5 Å². The Bertz CT molecular complexity index is 458. The number of nitrogens with zero attached hydrogens (tertiary/aromatic N) is 2. The highest BCUT2D eigenvalue weighted by atomic mass is 16.6. The van der Waals surface area contributed by atoms with Gasteiger partial charge in [-0.1, -0.05) is 0 Å². The molecule has 0 saturated carbocycles. The number of non-ortho nitro benzene ring substituents is 1. The summed E-state index contributed by atoms with van der Waals surface area (Å²) < 4.78 is 5.25. The summed E-state index contributed by atoms with van der Waals surface area (Å²) in [5, 5.41) is 19.6. The lowest BCUT2D eigenvalue weighted by atomic mass is 10.3. The highest BCUT2D eigenvalue weighted by molar-refractivity contribution is 5.77. The van der Waals surface area contributed by atoms with Crippen LogP contribution in [-0.2, 0) is 4.79 Å². The first kappa shape index (κ1) is 15.9. The van der Waals surface area contributed by atoms with Gasteiger partial charge in [0, 0.05) is 25.7 Å². The van der Waals surface area contributed by atoms with Crippen molar-refractivity contribution in [3.63, 3.8) is 0 Å². The van der Waals surface area contributed by atoms with Crippen LogP contribution in [0.3, 0.4) is 0 Å². The van der Waals surface area contributed by atoms with Crippen LogP contribution in [0.25, 0.3) is 0 Å².